The van der Waals surface area contributed by atoms with Gasteiger partial charge in [-0.2, -0.15) is 0 Å². The first kappa shape index (κ1) is 14.8. The lowest BCUT2D eigenvalue weighted by Gasteiger charge is -2.13. The number of ether oxygens (including phenoxy) is 1. The summed E-state index contributed by atoms with van der Waals surface area (Å²) in [6.07, 6.45) is 0. The van der Waals surface area contributed by atoms with Gasteiger partial charge in [-0.25, -0.2) is 4.79 Å². The molecule has 2 aromatic rings. The fourth-order valence-electron chi connectivity index (χ4n) is 2.07. The molecule has 0 fully saturated rings. The van der Waals surface area contributed by atoms with Crippen LogP contribution < -0.4 is 10.1 Å². The highest BCUT2D eigenvalue weighted by atomic mass is 16.5. The number of rotatable bonds is 7. The highest BCUT2D eigenvalue weighted by Crippen LogP contribution is 2.28. The van der Waals surface area contributed by atoms with E-state index in [9.17, 15) is 9.59 Å². The minimum absolute atomic E-state index is 0.179. The van der Waals surface area contributed by atoms with Crippen LogP contribution in [0.4, 0.5) is 0 Å². The van der Waals surface area contributed by atoms with Gasteiger partial charge in [0, 0.05) is 12.1 Å². The second kappa shape index (κ2) is 6.71. The van der Waals surface area contributed by atoms with Crippen LogP contribution in [0, 0.1) is 0 Å². The van der Waals surface area contributed by atoms with Gasteiger partial charge in [-0.15, -0.1) is 0 Å². The molecule has 0 aliphatic rings. The first-order chi connectivity index (χ1) is 10.1. The molecule has 0 spiro atoms. The van der Waals surface area contributed by atoms with Crippen molar-refractivity contribution in [3.63, 3.8) is 0 Å². The van der Waals surface area contributed by atoms with Crippen LogP contribution in [0.1, 0.15) is 5.56 Å². The van der Waals surface area contributed by atoms with Crippen molar-refractivity contribution in [2.24, 2.45) is 0 Å². The van der Waals surface area contributed by atoms with Gasteiger partial charge in [-0.3, -0.25) is 4.79 Å². The Bertz CT molecular complexity index is 668. The van der Waals surface area contributed by atoms with Crippen LogP contribution in [0.25, 0.3) is 10.8 Å². The van der Waals surface area contributed by atoms with Gasteiger partial charge in [0.1, 0.15) is 5.75 Å². The minimum atomic E-state index is -1.06. The number of hydrogen-bond donors (Lipinski definition) is 3. The fraction of sp³-hybridized carbons (Fsp3) is 0.200. The van der Waals surface area contributed by atoms with Crippen LogP contribution in [-0.4, -0.2) is 35.3 Å². The largest absolute Gasteiger partial charge is 0.482 e. The molecule has 0 radical (unpaired) electrons. The van der Waals surface area contributed by atoms with E-state index in [0.717, 1.165) is 16.3 Å². The van der Waals surface area contributed by atoms with Crippen molar-refractivity contribution in [1.29, 1.82) is 0 Å². The van der Waals surface area contributed by atoms with E-state index in [0.29, 0.717) is 5.75 Å². The third-order valence-electron chi connectivity index (χ3n) is 2.93. The van der Waals surface area contributed by atoms with Crippen molar-refractivity contribution in [1.82, 2.24) is 5.32 Å². The molecule has 0 aliphatic heterocycles. The number of fused-ring (bicyclic) bond motifs is 1. The molecule has 21 heavy (non-hydrogen) atoms. The monoisotopic (exact) mass is 289 g/mol. The number of carboxylic acids is 2. The maximum absolute atomic E-state index is 10.6. The Kier molecular flexibility index (Phi) is 4.73. The number of carboxylic acid groups (broad SMARTS) is 2. The smallest absolute Gasteiger partial charge is 0.341 e. The lowest BCUT2D eigenvalue weighted by atomic mass is 10.0. The SMILES string of the molecule is O=C(O)CNCc1c(OCC(=O)O)ccc2ccccc12. The van der Waals surface area contributed by atoms with E-state index in [1.165, 1.54) is 0 Å². The number of benzene rings is 2. The zero-order chi connectivity index (χ0) is 15.2. The molecule has 3 N–H and O–H groups in total. The Hall–Kier alpha value is -2.60. The van der Waals surface area contributed by atoms with E-state index in [-0.39, 0.29) is 13.1 Å². The summed E-state index contributed by atoms with van der Waals surface area (Å²) in [5.74, 6) is -1.58. The Morgan fingerprint density at radius 2 is 1.81 bits per heavy atom. The Morgan fingerprint density at radius 3 is 2.52 bits per heavy atom. The lowest BCUT2D eigenvalue weighted by molar-refractivity contribution is -0.139. The highest BCUT2D eigenvalue weighted by molar-refractivity contribution is 5.88. The fourth-order valence-corrected chi connectivity index (χ4v) is 2.07. The maximum atomic E-state index is 10.6. The summed E-state index contributed by atoms with van der Waals surface area (Å²) in [6, 6.07) is 11.1. The van der Waals surface area contributed by atoms with Crippen LogP contribution in [0.15, 0.2) is 36.4 Å². The molecule has 0 heterocycles. The standard InChI is InChI=1S/C15H15NO5/c17-14(18)8-16-7-12-11-4-2-1-3-10(11)5-6-13(12)21-9-15(19)20/h1-6,16H,7-9H2,(H,17,18)(H,19,20). The number of hydrogen-bond acceptors (Lipinski definition) is 4. The van der Waals surface area contributed by atoms with Gasteiger partial charge in [0.15, 0.2) is 6.61 Å². The van der Waals surface area contributed by atoms with Gasteiger partial charge < -0.3 is 20.3 Å². The average molecular weight is 289 g/mol. The quantitative estimate of drug-likeness (QED) is 0.714. The molecule has 0 unspecified atom stereocenters. The molecule has 0 atom stereocenters. The van der Waals surface area contributed by atoms with Crippen molar-refractivity contribution < 1.29 is 24.5 Å². The summed E-state index contributed by atoms with van der Waals surface area (Å²) >= 11 is 0. The topological polar surface area (TPSA) is 95.9 Å². The van der Waals surface area contributed by atoms with E-state index in [2.05, 4.69) is 5.32 Å². The van der Waals surface area contributed by atoms with Crippen molar-refractivity contribution in [3.05, 3.63) is 42.0 Å². The summed E-state index contributed by atoms with van der Waals surface area (Å²) in [5.41, 5.74) is 0.746. The first-order valence-corrected chi connectivity index (χ1v) is 6.35. The Labute approximate surface area is 121 Å². The molecule has 6 heteroatoms. The summed E-state index contributed by atoms with van der Waals surface area (Å²) in [7, 11) is 0. The molecular weight excluding hydrogens is 274 g/mol. The predicted molar refractivity (Wildman–Crippen MR) is 76.4 cm³/mol. The van der Waals surface area contributed by atoms with Crippen molar-refractivity contribution >= 4 is 22.7 Å². The molecule has 2 rings (SSSR count). The average Bonchev–Trinajstić information content (AvgIpc) is 2.45. The van der Waals surface area contributed by atoms with Gasteiger partial charge in [-0.1, -0.05) is 30.3 Å². The molecule has 6 nitrogen and oxygen atoms in total. The second-order valence-corrected chi connectivity index (χ2v) is 4.44. The Morgan fingerprint density at radius 1 is 1.05 bits per heavy atom. The van der Waals surface area contributed by atoms with Gasteiger partial charge in [0.2, 0.25) is 0 Å². The molecule has 0 bridgehead atoms. The summed E-state index contributed by atoms with van der Waals surface area (Å²) in [4.78, 5) is 21.2. The van der Waals surface area contributed by atoms with Crippen LogP contribution in [0.2, 0.25) is 0 Å². The molecule has 0 amide bonds. The molecule has 0 aliphatic carbocycles. The van der Waals surface area contributed by atoms with Gasteiger partial charge in [0.25, 0.3) is 0 Å². The molecule has 0 saturated heterocycles. The molecular formula is C15H15NO5. The summed E-state index contributed by atoms with van der Waals surface area (Å²) in [5, 5.41) is 22.1. The van der Waals surface area contributed by atoms with E-state index in [4.69, 9.17) is 14.9 Å². The number of aliphatic carboxylic acids is 2. The summed E-state index contributed by atoms with van der Waals surface area (Å²) in [6.45, 7) is -0.339. The maximum Gasteiger partial charge on any atom is 0.341 e. The van der Waals surface area contributed by atoms with E-state index in [1.54, 1.807) is 6.07 Å². The van der Waals surface area contributed by atoms with Crippen LogP contribution >= 0.6 is 0 Å². The Balaban J connectivity index is 2.32. The number of nitrogens with one attached hydrogen (secondary N) is 1. The van der Waals surface area contributed by atoms with Gasteiger partial charge in [-0.05, 0) is 16.8 Å². The predicted octanol–water partition coefficient (Wildman–Crippen LogP) is 1.48. The molecule has 0 aromatic heterocycles. The van der Waals surface area contributed by atoms with E-state index >= 15 is 0 Å². The number of carbonyl (C=O) groups is 2. The first-order valence-electron chi connectivity index (χ1n) is 6.35. The van der Waals surface area contributed by atoms with Crippen LogP contribution in [0.3, 0.4) is 0 Å². The molecule has 2 aromatic carbocycles. The van der Waals surface area contributed by atoms with Crippen LogP contribution in [0.5, 0.6) is 5.75 Å². The zero-order valence-corrected chi connectivity index (χ0v) is 11.2. The molecule has 0 saturated carbocycles. The van der Waals surface area contributed by atoms with Crippen molar-refractivity contribution in [3.8, 4) is 5.75 Å². The van der Waals surface area contributed by atoms with Crippen LogP contribution in [-0.2, 0) is 16.1 Å². The van der Waals surface area contributed by atoms with Crippen molar-refractivity contribution in [2.75, 3.05) is 13.2 Å². The highest BCUT2D eigenvalue weighted by Gasteiger charge is 2.10. The van der Waals surface area contributed by atoms with E-state index in [1.807, 2.05) is 30.3 Å². The van der Waals surface area contributed by atoms with Crippen molar-refractivity contribution in [2.45, 2.75) is 6.54 Å². The van der Waals surface area contributed by atoms with E-state index < -0.39 is 18.5 Å². The zero-order valence-electron chi connectivity index (χ0n) is 11.2. The normalized spacial score (nSPS) is 10.5. The van der Waals surface area contributed by atoms with Gasteiger partial charge >= 0.3 is 11.9 Å². The summed E-state index contributed by atoms with van der Waals surface area (Å²) < 4.78 is 5.28. The van der Waals surface area contributed by atoms with Gasteiger partial charge in [0.05, 0.1) is 6.54 Å². The third kappa shape index (κ3) is 3.93. The second-order valence-electron chi connectivity index (χ2n) is 4.44. The molecule has 110 valence electrons. The minimum Gasteiger partial charge on any atom is -0.482 e. The lowest BCUT2D eigenvalue weighted by Crippen LogP contribution is -2.22. The third-order valence-corrected chi connectivity index (χ3v) is 2.93.